The van der Waals surface area contributed by atoms with Crippen LogP contribution in [0.2, 0.25) is 0 Å². The highest BCUT2D eigenvalue weighted by molar-refractivity contribution is 14.0. The van der Waals surface area contributed by atoms with Crippen molar-refractivity contribution < 1.29 is 13.9 Å². The van der Waals surface area contributed by atoms with Gasteiger partial charge in [0.05, 0.1) is 38.7 Å². The number of ether oxygens (including phenoxy) is 2. The molecule has 33 heavy (non-hydrogen) atoms. The molecule has 1 aromatic rings. The molecule has 2 fully saturated rings. The molecule has 2 aliphatic rings. The number of rotatable bonds is 9. The van der Waals surface area contributed by atoms with E-state index in [2.05, 4.69) is 36.3 Å². The van der Waals surface area contributed by atoms with E-state index >= 15 is 0 Å². The highest BCUT2D eigenvalue weighted by Gasteiger charge is 2.22. The molecule has 188 valence electrons. The number of hydrogen-bond donors (Lipinski definition) is 2. The summed E-state index contributed by atoms with van der Waals surface area (Å²) < 4.78 is 25.6. The van der Waals surface area contributed by atoms with Crippen LogP contribution in [-0.4, -0.2) is 82.6 Å². The first-order valence-electron chi connectivity index (χ1n) is 12.0. The molecule has 0 aliphatic carbocycles. The zero-order chi connectivity index (χ0) is 22.8. The average molecular weight is 578 g/mol. The minimum absolute atomic E-state index is 0. The Bertz CT molecular complexity index is 725. The largest absolute Gasteiger partial charge is 0.379 e. The third-order valence-electron chi connectivity index (χ3n) is 5.94. The molecule has 1 unspecified atom stereocenters. The number of halogens is 2. The zero-order valence-corrected chi connectivity index (χ0v) is 22.6. The first kappa shape index (κ1) is 28.1. The number of nitrogens with one attached hydrogen (secondary N) is 2. The fourth-order valence-corrected chi connectivity index (χ4v) is 4.28. The SMILES string of the molecule is CCNC(=NCc1ccc(N2CCOCC2)c(F)c1)NCC(CC(C)C)N1CCOCC1.I. The molecule has 2 N–H and O–H groups in total. The Kier molecular flexibility index (Phi) is 12.7. The molecule has 0 saturated carbocycles. The van der Waals surface area contributed by atoms with E-state index in [-0.39, 0.29) is 29.8 Å². The molecule has 0 radical (unpaired) electrons. The van der Waals surface area contributed by atoms with Crippen LogP contribution in [0.4, 0.5) is 10.1 Å². The van der Waals surface area contributed by atoms with Crippen LogP contribution >= 0.6 is 24.0 Å². The molecule has 7 nitrogen and oxygen atoms in total. The van der Waals surface area contributed by atoms with E-state index in [0.29, 0.717) is 37.4 Å². The van der Waals surface area contributed by atoms with Crippen LogP contribution < -0.4 is 15.5 Å². The number of hydrogen-bond acceptors (Lipinski definition) is 5. The van der Waals surface area contributed by atoms with Gasteiger partial charge in [-0.15, -0.1) is 24.0 Å². The smallest absolute Gasteiger partial charge is 0.191 e. The Hall–Kier alpha value is -1.17. The van der Waals surface area contributed by atoms with E-state index in [4.69, 9.17) is 14.5 Å². The van der Waals surface area contributed by atoms with Crippen molar-refractivity contribution in [2.24, 2.45) is 10.9 Å². The van der Waals surface area contributed by atoms with Gasteiger partial charge in [-0.05, 0) is 37.0 Å². The van der Waals surface area contributed by atoms with Crippen molar-refractivity contribution in [3.8, 4) is 0 Å². The molecule has 3 rings (SSSR count). The summed E-state index contributed by atoms with van der Waals surface area (Å²) in [7, 11) is 0. The molecule has 2 saturated heterocycles. The first-order valence-corrected chi connectivity index (χ1v) is 12.0. The summed E-state index contributed by atoms with van der Waals surface area (Å²) in [6.07, 6.45) is 1.13. The van der Waals surface area contributed by atoms with Crippen molar-refractivity contribution in [1.29, 1.82) is 0 Å². The van der Waals surface area contributed by atoms with Crippen LogP contribution in [0.15, 0.2) is 23.2 Å². The minimum Gasteiger partial charge on any atom is -0.379 e. The minimum atomic E-state index is -0.193. The molecule has 0 bridgehead atoms. The lowest BCUT2D eigenvalue weighted by atomic mass is 10.0. The molecule has 0 aromatic heterocycles. The lowest BCUT2D eigenvalue weighted by molar-refractivity contribution is 0.0132. The summed E-state index contributed by atoms with van der Waals surface area (Å²) in [6, 6.07) is 5.87. The van der Waals surface area contributed by atoms with Crippen molar-refractivity contribution in [3.05, 3.63) is 29.6 Å². The lowest BCUT2D eigenvalue weighted by Crippen LogP contribution is -2.51. The third kappa shape index (κ3) is 9.18. The number of benzene rings is 1. The summed E-state index contributed by atoms with van der Waals surface area (Å²) in [4.78, 5) is 9.27. The highest BCUT2D eigenvalue weighted by atomic mass is 127. The molecule has 0 amide bonds. The van der Waals surface area contributed by atoms with Gasteiger partial charge in [0.2, 0.25) is 0 Å². The normalized spacial score (nSPS) is 18.7. The second kappa shape index (κ2) is 15.0. The second-order valence-corrected chi connectivity index (χ2v) is 8.89. The number of nitrogens with zero attached hydrogens (tertiary/aromatic N) is 3. The van der Waals surface area contributed by atoms with Crippen LogP contribution in [0.5, 0.6) is 0 Å². The fourth-order valence-electron chi connectivity index (χ4n) is 4.28. The van der Waals surface area contributed by atoms with Crippen LogP contribution in [0, 0.1) is 11.7 Å². The van der Waals surface area contributed by atoms with Gasteiger partial charge < -0.3 is 25.0 Å². The van der Waals surface area contributed by atoms with Gasteiger partial charge in [-0.1, -0.05) is 19.9 Å². The summed E-state index contributed by atoms with van der Waals surface area (Å²) in [5.74, 6) is 1.20. The maximum Gasteiger partial charge on any atom is 0.191 e. The molecular formula is C24H41FIN5O2. The van der Waals surface area contributed by atoms with Gasteiger partial charge in [0.1, 0.15) is 5.82 Å². The Labute approximate surface area is 215 Å². The number of guanidine groups is 1. The molecule has 0 spiro atoms. The van der Waals surface area contributed by atoms with Crippen molar-refractivity contribution in [3.63, 3.8) is 0 Å². The van der Waals surface area contributed by atoms with Gasteiger partial charge >= 0.3 is 0 Å². The van der Waals surface area contributed by atoms with Crippen LogP contribution in [0.3, 0.4) is 0 Å². The number of aliphatic imine (C=N–C) groups is 1. The summed E-state index contributed by atoms with van der Waals surface area (Å²) in [5, 5.41) is 6.83. The standard InChI is InChI=1S/C24H40FN5O2.HI/c1-4-26-24(28-18-21(15-19(2)3)29-7-11-31-12-8-29)27-17-20-5-6-23(22(25)16-20)30-9-13-32-14-10-30;/h5-6,16,19,21H,4,7-15,17-18H2,1-3H3,(H2,26,27,28);1H. The summed E-state index contributed by atoms with van der Waals surface area (Å²) in [5.41, 5.74) is 1.51. The van der Waals surface area contributed by atoms with Crippen LogP contribution in [0.25, 0.3) is 0 Å². The van der Waals surface area contributed by atoms with Gasteiger partial charge in [-0.2, -0.15) is 0 Å². The van der Waals surface area contributed by atoms with Crippen LogP contribution in [0.1, 0.15) is 32.8 Å². The Balaban J connectivity index is 0.00000385. The fraction of sp³-hybridized carbons (Fsp3) is 0.708. The van der Waals surface area contributed by atoms with Crippen molar-refractivity contribution >= 4 is 35.6 Å². The Morgan fingerprint density at radius 2 is 1.73 bits per heavy atom. The van der Waals surface area contributed by atoms with Crippen LogP contribution in [-0.2, 0) is 16.0 Å². The average Bonchev–Trinajstić information content (AvgIpc) is 2.81. The summed E-state index contributed by atoms with van der Waals surface area (Å²) >= 11 is 0. The van der Waals surface area contributed by atoms with Crippen molar-refractivity contribution in [2.45, 2.75) is 39.8 Å². The lowest BCUT2D eigenvalue weighted by Gasteiger charge is -2.35. The monoisotopic (exact) mass is 577 g/mol. The van der Waals surface area contributed by atoms with Gasteiger partial charge in [0, 0.05) is 45.3 Å². The van der Waals surface area contributed by atoms with Crippen molar-refractivity contribution in [2.75, 3.05) is 70.6 Å². The maximum atomic E-state index is 14.7. The van der Waals surface area contributed by atoms with E-state index < -0.39 is 0 Å². The molecule has 2 aliphatic heterocycles. The predicted molar refractivity (Wildman–Crippen MR) is 143 cm³/mol. The van der Waals surface area contributed by atoms with Gasteiger partial charge in [-0.25, -0.2) is 9.38 Å². The van der Waals surface area contributed by atoms with E-state index in [1.165, 1.54) is 0 Å². The van der Waals surface area contributed by atoms with E-state index in [9.17, 15) is 4.39 Å². The maximum absolute atomic E-state index is 14.7. The van der Waals surface area contributed by atoms with Gasteiger partial charge in [-0.3, -0.25) is 4.90 Å². The zero-order valence-electron chi connectivity index (χ0n) is 20.3. The predicted octanol–water partition coefficient (Wildman–Crippen LogP) is 3.08. The van der Waals surface area contributed by atoms with E-state index in [0.717, 1.165) is 70.4 Å². The third-order valence-corrected chi connectivity index (χ3v) is 5.94. The van der Waals surface area contributed by atoms with Gasteiger partial charge in [0.15, 0.2) is 5.96 Å². The molecule has 1 aromatic carbocycles. The van der Waals surface area contributed by atoms with Gasteiger partial charge in [0.25, 0.3) is 0 Å². The van der Waals surface area contributed by atoms with E-state index in [1.807, 2.05) is 17.0 Å². The molecule has 2 heterocycles. The topological polar surface area (TPSA) is 61.4 Å². The second-order valence-electron chi connectivity index (χ2n) is 8.89. The van der Waals surface area contributed by atoms with E-state index in [1.54, 1.807) is 6.07 Å². The molecular weight excluding hydrogens is 536 g/mol. The number of morpholine rings is 2. The molecule has 9 heteroatoms. The Morgan fingerprint density at radius 1 is 1.06 bits per heavy atom. The highest BCUT2D eigenvalue weighted by Crippen LogP contribution is 2.22. The summed E-state index contributed by atoms with van der Waals surface area (Å²) in [6.45, 7) is 14.9. The quantitative estimate of drug-likeness (QED) is 0.268. The van der Waals surface area contributed by atoms with Crippen molar-refractivity contribution in [1.82, 2.24) is 15.5 Å². The first-order chi connectivity index (χ1) is 15.6. The Morgan fingerprint density at radius 3 is 2.33 bits per heavy atom. The number of anilines is 1. The molecule has 1 atom stereocenters.